The van der Waals surface area contributed by atoms with E-state index in [4.69, 9.17) is 14.2 Å². The Kier molecular flexibility index (Phi) is 5.59. The predicted octanol–water partition coefficient (Wildman–Crippen LogP) is 2.40. The van der Waals surface area contributed by atoms with E-state index in [0.717, 1.165) is 0 Å². The van der Waals surface area contributed by atoms with Crippen LogP contribution in [0.3, 0.4) is 0 Å². The quantitative estimate of drug-likeness (QED) is 0.451. The van der Waals surface area contributed by atoms with Crippen molar-refractivity contribution in [2.45, 2.75) is 25.7 Å². The van der Waals surface area contributed by atoms with E-state index in [-0.39, 0.29) is 12.2 Å². The molecule has 0 bridgehead atoms. The average molecular weight is 334 g/mol. The number of benzene rings is 1. The first-order valence-electron chi connectivity index (χ1n) is 7.83. The summed E-state index contributed by atoms with van der Waals surface area (Å²) in [6.07, 6.45) is 1.71. The molecule has 1 atom stereocenters. The molecule has 1 saturated carbocycles. The summed E-state index contributed by atoms with van der Waals surface area (Å²) in [7, 11) is 4.04. The van der Waals surface area contributed by atoms with Crippen molar-refractivity contribution in [1.29, 1.82) is 0 Å². The molecule has 0 aromatic heterocycles. The van der Waals surface area contributed by atoms with Crippen LogP contribution in [0.25, 0.3) is 0 Å². The van der Waals surface area contributed by atoms with Crippen LogP contribution in [0.4, 0.5) is 0 Å². The molecule has 0 spiro atoms. The van der Waals surface area contributed by atoms with E-state index in [1.165, 1.54) is 14.2 Å². The molecule has 6 nitrogen and oxygen atoms in total. The topological polar surface area (TPSA) is 78.9 Å². The lowest BCUT2D eigenvalue weighted by atomic mass is 9.75. The van der Waals surface area contributed by atoms with Crippen molar-refractivity contribution in [1.82, 2.24) is 0 Å². The average Bonchev–Trinajstić information content (AvgIpc) is 3.04. The van der Waals surface area contributed by atoms with Gasteiger partial charge in [-0.25, -0.2) is 0 Å². The number of carbonyl (C=O) groups is 3. The van der Waals surface area contributed by atoms with Gasteiger partial charge in [-0.1, -0.05) is 6.42 Å². The van der Waals surface area contributed by atoms with E-state index in [0.29, 0.717) is 30.6 Å². The molecule has 0 heterocycles. The summed E-state index contributed by atoms with van der Waals surface area (Å²) < 4.78 is 14.8. The second kappa shape index (κ2) is 7.47. The summed E-state index contributed by atoms with van der Waals surface area (Å²) in [6, 6.07) is 6.76. The maximum atomic E-state index is 12.6. The third-order valence-corrected chi connectivity index (χ3v) is 4.76. The predicted molar refractivity (Wildman–Crippen MR) is 85.7 cm³/mol. The normalized spacial score (nSPS) is 18.7. The summed E-state index contributed by atoms with van der Waals surface area (Å²) in [5.41, 5.74) is -0.864. The Labute approximate surface area is 141 Å². The van der Waals surface area contributed by atoms with Gasteiger partial charge in [0.25, 0.3) is 0 Å². The summed E-state index contributed by atoms with van der Waals surface area (Å²) in [4.78, 5) is 37.2. The van der Waals surface area contributed by atoms with E-state index in [1.54, 1.807) is 31.4 Å². The molecule has 24 heavy (non-hydrogen) atoms. The number of ether oxygens (including phenoxy) is 3. The molecular weight excluding hydrogens is 312 g/mol. The number of hydrogen-bond acceptors (Lipinski definition) is 6. The molecule has 0 aliphatic heterocycles. The van der Waals surface area contributed by atoms with Gasteiger partial charge in [0.1, 0.15) is 5.75 Å². The van der Waals surface area contributed by atoms with E-state index >= 15 is 0 Å². The molecule has 1 aromatic carbocycles. The second-order valence-corrected chi connectivity index (χ2v) is 5.90. The number of esters is 2. The van der Waals surface area contributed by atoms with Gasteiger partial charge in [0.05, 0.1) is 21.3 Å². The first-order chi connectivity index (χ1) is 11.5. The molecule has 0 radical (unpaired) electrons. The highest BCUT2D eigenvalue weighted by molar-refractivity contribution is 6.02. The Morgan fingerprint density at radius 3 is 2.12 bits per heavy atom. The fraction of sp³-hybridized carbons (Fsp3) is 0.500. The summed E-state index contributed by atoms with van der Waals surface area (Å²) in [5, 5.41) is 0. The van der Waals surface area contributed by atoms with Gasteiger partial charge in [-0.3, -0.25) is 14.4 Å². The van der Waals surface area contributed by atoms with Crippen LogP contribution < -0.4 is 4.74 Å². The van der Waals surface area contributed by atoms with Crippen LogP contribution in [-0.2, 0) is 19.1 Å². The van der Waals surface area contributed by atoms with Gasteiger partial charge in [-0.2, -0.15) is 0 Å². The fourth-order valence-corrected chi connectivity index (χ4v) is 3.46. The highest BCUT2D eigenvalue weighted by Crippen LogP contribution is 2.47. The van der Waals surface area contributed by atoms with Crippen LogP contribution in [0.2, 0.25) is 0 Å². The van der Waals surface area contributed by atoms with E-state index in [2.05, 4.69) is 0 Å². The van der Waals surface area contributed by atoms with Gasteiger partial charge < -0.3 is 14.2 Å². The standard InChI is InChI=1S/C18H22O6/c1-22-14-8-6-12(7-9-14)15(19)11-13-5-4-10-18(13,16(20)23-2)17(21)24-3/h6-9,13H,4-5,10-11H2,1-3H3/t13-/m0/s1. The second-order valence-electron chi connectivity index (χ2n) is 5.90. The molecule has 2 rings (SSSR count). The third kappa shape index (κ3) is 3.13. The Balaban J connectivity index is 2.23. The zero-order chi connectivity index (χ0) is 17.7. The lowest BCUT2D eigenvalue weighted by molar-refractivity contribution is -0.172. The number of rotatable bonds is 6. The van der Waals surface area contributed by atoms with Gasteiger partial charge in [-0.05, 0) is 43.0 Å². The SMILES string of the molecule is COC(=O)C1(C(=O)OC)CCC[C@H]1CC(=O)c1ccc(OC)cc1. The summed E-state index contributed by atoms with van der Waals surface area (Å²) >= 11 is 0. The molecule has 1 aliphatic rings. The van der Waals surface area contributed by atoms with E-state index in [1.807, 2.05) is 0 Å². The largest absolute Gasteiger partial charge is 0.497 e. The van der Waals surface area contributed by atoms with Gasteiger partial charge >= 0.3 is 11.9 Å². The van der Waals surface area contributed by atoms with Crippen LogP contribution in [-0.4, -0.2) is 39.1 Å². The summed E-state index contributed by atoms with van der Waals surface area (Å²) in [6.45, 7) is 0. The van der Waals surface area contributed by atoms with Gasteiger partial charge in [0.2, 0.25) is 0 Å². The third-order valence-electron chi connectivity index (χ3n) is 4.76. The van der Waals surface area contributed by atoms with Crippen LogP contribution in [0.1, 0.15) is 36.0 Å². The van der Waals surface area contributed by atoms with Crippen molar-refractivity contribution in [3.8, 4) is 5.75 Å². The zero-order valence-corrected chi connectivity index (χ0v) is 14.2. The first-order valence-corrected chi connectivity index (χ1v) is 7.83. The minimum Gasteiger partial charge on any atom is -0.497 e. The van der Waals surface area contributed by atoms with Crippen LogP contribution >= 0.6 is 0 Å². The zero-order valence-electron chi connectivity index (χ0n) is 14.2. The van der Waals surface area contributed by atoms with Crippen molar-refractivity contribution < 1.29 is 28.6 Å². The van der Waals surface area contributed by atoms with Crippen LogP contribution in [0.5, 0.6) is 5.75 Å². The number of ketones is 1. The van der Waals surface area contributed by atoms with Crippen molar-refractivity contribution in [3.05, 3.63) is 29.8 Å². The Morgan fingerprint density at radius 2 is 1.62 bits per heavy atom. The molecule has 0 unspecified atom stereocenters. The maximum Gasteiger partial charge on any atom is 0.323 e. The molecule has 130 valence electrons. The van der Waals surface area contributed by atoms with Crippen LogP contribution in [0.15, 0.2) is 24.3 Å². The maximum absolute atomic E-state index is 12.6. The molecule has 6 heteroatoms. The van der Waals surface area contributed by atoms with E-state index in [9.17, 15) is 14.4 Å². The van der Waals surface area contributed by atoms with Crippen molar-refractivity contribution in [3.63, 3.8) is 0 Å². The number of hydrogen-bond donors (Lipinski definition) is 0. The van der Waals surface area contributed by atoms with Crippen molar-refractivity contribution >= 4 is 17.7 Å². The van der Waals surface area contributed by atoms with Crippen molar-refractivity contribution in [2.75, 3.05) is 21.3 Å². The van der Waals surface area contributed by atoms with E-state index < -0.39 is 23.3 Å². The molecule has 0 amide bonds. The van der Waals surface area contributed by atoms with Gasteiger partial charge in [0, 0.05) is 12.0 Å². The Bertz CT molecular complexity index is 603. The monoisotopic (exact) mass is 334 g/mol. The fourth-order valence-electron chi connectivity index (χ4n) is 3.46. The highest BCUT2D eigenvalue weighted by atomic mass is 16.5. The lowest BCUT2D eigenvalue weighted by Crippen LogP contribution is -2.44. The molecule has 1 aromatic rings. The Hall–Kier alpha value is -2.37. The number of Topliss-reactive ketones (excluding diaryl/α,β-unsaturated/α-hetero) is 1. The Morgan fingerprint density at radius 1 is 1.04 bits per heavy atom. The molecule has 0 saturated heterocycles. The molecule has 0 N–H and O–H groups in total. The highest BCUT2D eigenvalue weighted by Gasteiger charge is 2.57. The summed E-state index contributed by atoms with van der Waals surface area (Å²) in [5.74, 6) is -1.14. The number of methoxy groups -OCH3 is 3. The molecule has 1 fully saturated rings. The van der Waals surface area contributed by atoms with Crippen molar-refractivity contribution in [2.24, 2.45) is 11.3 Å². The smallest absolute Gasteiger partial charge is 0.323 e. The number of carbonyl (C=O) groups excluding carboxylic acids is 3. The van der Waals surface area contributed by atoms with Gasteiger partial charge in [-0.15, -0.1) is 0 Å². The molecule has 1 aliphatic carbocycles. The minimum absolute atomic E-state index is 0.0938. The minimum atomic E-state index is -1.38. The first kappa shape index (κ1) is 18.0. The van der Waals surface area contributed by atoms with Crippen LogP contribution in [0, 0.1) is 11.3 Å². The molecular formula is C18H22O6. The lowest BCUT2D eigenvalue weighted by Gasteiger charge is -2.29. The van der Waals surface area contributed by atoms with Gasteiger partial charge in [0.15, 0.2) is 11.2 Å².